The number of aromatic nitrogens is 2. The van der Waals surface area contributed by atoms with Crippen molar-refractivity contribution in [2.45, 2.75) is 0 Å². The van der Waals surface area contributed by atoms with E-state index in [2.05, 4.69) is 15.5 Å². The van der Waals surface area contributed by atoms with Crippen molar-refractivity contribution in [2.75, 3.05) is 25.3 Å². The highest BCUT2D eigenvalue weighted by Gasteiger charge is 2.11. The quantitative estimate of drug-likeness (QED) is 0.769. The van der Waals surface area contributed by atoms with E-state index in [4.69, 9.17) is 20.5 Å². The van der Waals surface area contributed by atoms with Crippen molar-refractivity contribution in [1.29, 1.82) is 5.26 Å². The molecular weight excluding hydrogens is 246 g/mol. The van der Waals surface area contributed by atoms with E-state index in [0.717, 1.165) is 0 Å². The molecule has 0 spiro atoms. The number of nitriles is 1. The van der Waals surface area contributed by atoms with Gasteiger partial charge in [-0.15, -0.1) is 0 Å². The highest BCUT2D eigenvalue weighted by atomic mass is 16.5. The van der Waals surface area contributed by atoms with Crippen LogP contribution in [0.25, 0.3) is 0 Å². The van der Waals surface area contributed by atoms with E-state index in [-0.39, 0.29) is 11.4 Å². The number of anilines is 3. The Kier molecular flexibility index (Phi) is 3.43. The van der Waals surface area contributed by atoms with E-state index in [1.807, 2.05) is 6.07 Å². The van der Waals surface area contributed by atoms with Crippen LogP contribution in [0.3, 0.4) is 0 Å². The number of methoxy groups -OCH3 is 2. The third-order valence-corrected chi connectivity index (χ3v) is 2.52. The second-order valence-corrected chi connectivity index (χ2v) is 3.70. The van der Waals surface area contributed by atoms with Crippen LogP contribution >= 0.6 is 0 Å². The van der Waals surface area contributed by atoms with Gasteiger partial charge in [-0.2, -0.15) is 10.4 Å². The fraction of sp³-hybridized carbons (Fsp3) is 0.167. The van der Waals surface area contributed by atoms with Crippen molar-refractivity contribution in [3.63, 3.8) is 0 Å². The molecule has 0 amide bonds. The normalized spacial score (nSPS) is 9.74. The number of ether oxygens (including phenoxy) is 2. The summed E-state index contributed by atoms with van der Waals surface area (Å²) in [5, 5.41) is 18.5. The Morgan fingerprint density at radius 2 is 1.89 bits per heavy atom. The molecule has 0 radical (unpaired) electrons. The Labute approximate surface area is 109 Å². The molecule has 0 saturated heterocycles. The minimum absolute atomic E-state index is 0.222. The zero-order valence-corrected chi connectivity index (χ0v) is 10.5. The molecule has 0 aliphatic carbocycles. The number of nitrogens with two attached hydrogens (primary N) is 1. The Bertz CT molecular complexity index is 607. The summed E-state index contributed by atoms with van der Waals surface area (Å²) in [6, 6.07) is 7.24. The summed E-state index contributed by atoms with van der Waals surface area (Å²) in [6.45, 7) is 0. The predicted molar refractivity (Wildman–Crippen MR) is 70.5 cm³/mol. The molecular formula is C12H13N5O2. The molecule has 7 heteroatoms. The largest absolute Gasteiger partial charge is 0.497 e. The van der Waals surface area contributed by atoms with Gasteiger partial charge in [0.1, 0.15) is 28.9 Å². The molecule has 2 aromatic rings. The Morgan fingerprint density at radius 3 is 2.42 bits per heavy atom. The summed E-state index contributed by atoms with van der Waals surface area (Å²) < 4.78 is 10.3. The van der Waals surface area contributed by atoms with E-state index in [1.165, 1.54) is 0 Å². The monoisotopic (exact) mass is 259 g/mol. The maximum Gasteiger partial charge on any atom is 0.172 e. The summed E-state index contributed by atoms with van der Waals surface area (Å²) in [5.41, 5.74) is 6.53. The van der Waals surface area contributed by atoms with Crippen molar-refractivity contribution >= 4 is 17.3 Å². The first-order valence-corrected chi connectivity index (χ1v) is 5.42. The number of benzene rings is 1. The zero-order chi connectivity index (χ0) is 13.8. The van der Waals surface area contributed by atoms with Gasteiger partial charge >= 0.3 is 0 Å². The third kappa shape index (κ3) is 2.52. The average Bonchev–Trinajstić information content (AvgIpc) is 2.78. The van der Waals surface area contributed by atoms with Crippen LogP contribution in [0.5, 0.6) is 11.5 Å². The summed E-state index contributed by atoms with van der Waals surface area (Å²) in [4.78, 5) is 0. The third-order valence-electron chi connectivity index (χ3n) is 2.52. The smallest absolute Gasteiger partial charge is 0.172 e. The minimum atomic E-state index is 0.222. The molecule has 7 nitrogen and oxygen atoms in total. The van der Waals surface area contributed by atoms with Gasteiger partial charge < -0.3 is 20.5 Å². The molecule has 1 aromatic carbocycles. The standard InChI is InChI=1S/C12H13N5O2/c1-18-8-3-7(4-9(5-8)19-2)15-12-10(6-13)11(14)16-17-12/h3-5H,1-2H3,(H4,14,15,16,17). The highest BCUT2D eigenvalue weighted by molar-refractivity contribution is 5.70. The lowest BCUT2D eigenvalue weighted by Gasteiger charge is -2.09. The molecule has 0 aliphatic heterocycles. The van der Waals surface area contributed by atoms with Crippen LogP contribution in [0.15, 0.2) is 18.2 Å². The molecule has 98 valence electrons. The van der Waals surface area contributed by atoms with E-state index in [1.54, 1.807) is 32.4 Å². The van der Waals surface area contributed by atoms with E-state index >= 15 is 0 Å². The van der Waals surface area contributed by atoms with Crippen LogP contribution in [-0.2, 0) is 0 Å². The topological polar surface area (TPSA) is 109 Å². The second kappa shape index (κ2) is 5.18. The second-order valence-electron chi connectivity index (χ2n) is 3.70. The SMILES string of the molecule is COc1cc(Nc2n[nH]c(N)c2C#N)cc(OC)c1. The van der Waals surface area contributed by atoms with Gasteiger partial charge in [-0.1, -0.05) is 0 Å². The van der Waals surface area contributed by atoms with E-state index in [9.17, 15) is 0 Å². The molecule has 2 rings (SSSR count). The van der Waals surface area contributed by atoms with Gasteiger partial charge in [0, 0.05) is 23.9 Å². The molecule has 19 heavy (non-hydrogen) atoms. The maximum absolute atomic E-state index is 8.99. The molecule has 0 aliphatic rings. The van der Waals surface area contributed by atoms with Gasteiger partial charge in [-0.3, -0.25) is 5.10 Å². The van der Waals surface area contributed by atoms with Gasteiger partial charge in [0.25, 0.3) is 0 Å². The molecule has 0 saturated carbocycles. The number of nitrogen functional groups attached to an aromatic ring is 1. The van der Waals surface area contributed by atoms with Gasteiger partial charge in [0.2, 0.25) is 0 Å². The molecule has 0 bridgehead atoms. The van der Waals surface area contributed by atoms with E-state index in [0.29, 0.717) is 23.0 Å². The Balaban J connectivity index is 2.35. The van der Waals surface area contributed by atoms with Gasteiger partial charge in [-0.05, 0) is 0 Å². The van der Waals surface area contributed by atoms with Crippen LogP contribution < -0.4 is 20.5 Å². The molecule has 0 unspecified atom stereocenters. The summed E-state index contributed by atoms with van der Waals surface area (Å²) in [5.74, 6) is 1.84. The average molecular weight is 259 g/mol. The van der Waals surface area contributed by atoms with Gasteiger partial charge in [0.05, 0.1) is 14.2 Å². The number of H-pyrrole nitrogens is 1. The molecule has 0 atom stereocenters. The maximum atomic E-state index is 8.99. The minimum Gasteiger partial charge on any atom is -0.497 e. The first-order chi connectivity index (χ1) is 9.17. The molecule has 1 heterocycles. The van der Waals surface area contributed by atoms with Gasteiger partial charge in [0.15, 0.2) is 5.82 Å². The molecule has 4 N–H and O–H groups in total. The number of nitrogens with one attached hydrogen (secondary N) is 2. The first kappa shape index (κ1) is 12.6. The fourth-order valence-corrected chi connectivity index (χ4v) is 1.58. The summed E-state index contributed by atoms with van der Waals surface area (Å²) in [6.07, 6.45) is 0. The lowest BCUT2D eigenvalue weighted by atomic mass is 10.2. The van der Waals surface area contributed by atoms with Gasteiger partial charge in [-0.25, -0.2) is 0 Å². The van der Waals surface area contributed by atoms with Crippen LogP contribution in [0.1, 0.15) is 5.56 Å². The predicted octanol–water partition coefficient (Wildman–Crippen LogP) is 1.62. The van der Waals surface area contributed by atoms with Crippen molar-refractivity contribution in [3.8, 4) is 17.6 Å². The summed E-state index contributed by atoms with van der Waals surface area (Å²) >= 11 is 0. The molecule has 1 aromatic heterocycles. The lowest BCUT2D eigenvalue weighted by molar-refractivity contribution is 0.395. The van der Waals surface area contributed by atoms with E-state index < -0.39 is 0 Å². The van der Waals surface area contributed by atoms with Crippen LogP contribution in [0.2, 0.25) is 0 Å². The number of rotatable bonds is 4. The van der Waals surface area contributed by atoms with Crippen molar-refractivity contribution < 1.29 is 9.47 Å². The highest BCUT2D eigenvalue weighted by Crippen LogP contribution is 2.29. The van der Waals surface area contributed by atoms with Crippen LogP contribution in [0, 0.1) is 11.3 Å². The van der Waals surface area contributed by atoms with Crippen molar-refractivity contribution in [2.24, 2.45) is 0 Å². The lowest BCUT2D eigenvalue weighted by Crippen LogP contribution is -1.96. The van der Waals surface area contributed by atoms with Crippen molar-refractivity contribution in [1.82, 2.24) is 10.2 Å². The zero-order valence-electron chi connectivity index (χ0n) is 10.5. The van der Waals surface area contributed by atoms with Crippen LogP contribution in [-0.4, -0.2) is 24.4 Å². The summed E-state index contributed by atoms with van der Waals surface area (Å²) in [7, 11) is 3.12. The van der Waals surface area contributed by atoms with Crippen LogP contribution in [0.4, 0.5) is 17.3 Å². The van der Waals surface area contributed by atoms with Crippen molar-refractivity contribution in [3.05, 3.63) is 23.8 Å². The first-order valence-electron chi connectivity index (χ1n) is 5.42. The number of nitrogens with zero attached hydrogens (tertiary/aromatic N) is 2. The molecule has 0 fully saturated rings. The fourth-order valence-electron chi connectivity index (χ4n) is 1.58. The number of aromatic amines is 1. The number of hydrogen-bond acceptors (Lipinski definition) is 6. The Morgan fingerprint density at radius 1 is 1.26 bits per heavy atom. The Hall–Kier alpha value is -2.88. The number of hydrogen-bond donors (Lipinski definition) is 3.